The van der Waals surface area contributed by atoms with E-state index in [2.05, 4.69) is 5.32 Å². The molecule has 1 atom stereocenters. The Balaban J connectivity index is 1.55. The Hall–Kier alpha value is -3.66. The molecule has 4 rings (SSSR count). The molecule has 10 heteroatoms. The number of rotatable bonds is 7. The molecule has 2 aliphatic rings. The Morgan fingerprint density at radius 3 is 2.24 bits per heavy atom. The standard InChI is InChI=1S/C28H34FN3O6/c1-18(2)16-30-25(33)22-17-38-28(32(22)27(35)19-5-8-21(29)9-6-19)11-13-31(14-12-28)26(34)20-7-10-23(36-3)24(15-20)37-4/h5-10,15,18,22H,11-14,16-17H2,1-4H3,(H,30,33). The highest BCUT2D eigenvalue weighted by atomic mass is 19.1. The summed E-state index contributed by atoms with van der Waals surface area (Å²) in [5.74, 6) is -0.123. The Morgan fingerprint density at radius 1 is 1.00 bits per heavy atom. The van der Waals surface area contributed by atoms with E-state index in [1.54, 1.807) is 23.1 Å². The first-order valence-corrected chi connectivity index (χ1v) is 12.7. The van der Waals surface area contributed by atoms with Crippen LogP contribution in [0.1, 0.15) is 47.4 Å². The molecule has 0 bridgehead atoms. The summed E-state index contributed by atoms with van der Waals surface area (Å²) in [7, 11) is 3.04. The van der Waals surface area contributed by atoms with Gasteiger partial charge < -0.3 is 24.4 Å². The van der Waals surface area contributed by atoms with Gasteiger partial charge >= 0.3 is 0 Å². The van der Waals surface area contributed by atoms with Gasteiger partial charge in [-0.25, -0.2) is 4.39 Å². The molecule has 2 aromatic carbocycles. The van der Waals surface area contributed by atoms with Gasteiger partial charge in [0, 0.05) is 43.6 Å². The van der Waals surface area contributed by atoms with Crippen molar-refractivity contribution in [2.24, 2.45) is 5.92 Å². The molecule has 38 heavy (non-hydrogen) atoms. The summed E-state index contributed by atoms with van der Waals surface area (Å²) in [5.41, 5.74) is -0.336. The minimum absolute atomic E-state index is 0.0422. The quantitative estimate of drug-likeness (QED) is 0.595. The van der Waals surface area contributed by atoms with E-state index >= 15 is 0 Å². The van der Waals surface area contributed by atoms with Crippen LogP contribution in [0.2, 0.25) is 0 Å². The minimum Gasteiger partial charge on any atom is -0.493 e. The lowest BCUT2D eigenvalue weighted by atomic mass is 9.96. The summed E-state index contributed by atoms with van der Waals surface area (Å²) in [4.78, 5) is 43.3. The number of hydrogen-bond donors (Lipinski definition) is 1. The van der Waals surface area contributed by atoms with E-state index in [0.29, 0.717) is 49.5 Å². The number of amides is 3. The van der Waals surface area contributed by atoms with Crippen LogP contribution in [0.3, 0.4) is 0 Å². The van der Waals surface area contributed by atoms with Gasteiger partial charge in [-0.2, -0.15) is 0 Å². The lowest BCUT2D eigenvalue weighted by molar-refractivity contribution is -0.128. The van der Waals surface area contributed by atoms with Gasteiger partial charge in [0.25, 0.3) is 11.8 Å². The van der Waals surface area contributed by atoms with E-state index in [1.165, 1.54) is 43.4 Å². The Kier molecular flexibility index (Phi) is 8.20. The lowest BCUT2D eigenvalue weighted by Gasteiger charge is -2.44. The van der Waals surface area contributed by atoms with E-state index in [0.717, 1.165) is 0 Å². The van der Waals surface area contributed by atoms with Crippen molar-refractivity contribution < 1.29 is 33.0 Å². The Labute approximate surface area is 221 Å². The molecule has 2 aromatic rings. The summed E-state index contributed by atoms with van der Waals surface area (Å²) in [5, 5.41) is 2.90. The number of ether oxygens (including phenoxy) is 3. The van der Waals surface area contributed by atoms with Gasteiger partial charge in [-0.1, -0.05) is 13.8 Å². The van der Waals surface area contributed by atoms with Gasteiger partial charge in [0.15, 0.2) is 11.5 Å². The third-order valence-electron chi connectivity index (χ3n) is 7.02. The second-order valence-corrected chi connectivity index (χ2v) is 9.96. The largest absolute Gasteiger partial charge is 0.493 e. The normalized spacial score (nSPS) is 18.5. The van der Waals surface area contributed by atoms with Crippen molar-refractivity contribution >= 4 is 17.7 Å². The fourth-order valence-corrected chi connectivity index (χ4v) is 4.93. The zero-order valence-corrected chi connectivity index (χ0v) is 22.2. The van der Waals surface area contributed by atoms with Crippen molar-refractivity contribution in [2.45, 2.75) is 38.5 Å². The molecule has 204 valence electrons. The van der Waals surface area contributed by atoms with Crippen molar-refractivity contribution in [3.05, 3.63) is 59.4 Å². The molecule has 1 spiro atoms. The van der Waals surface area contributed by atoms with Crippen LogP contribution in [0.15, 0.2) is 42.5 Å². The Morgan fingerprint density at radius 2 is 1.63 bits per heavy atom. The van der Waals surface area contributed by atoms with E-state index in [4.69, 9.17) is 14.2 Å². The fraction of sp³-hybridized carbons (Fsp3) is 0.464. The first-order valence-electron chi connectivity index (χ1n) is 12.7. The number of nitrogens with zero attached hydrogens (tertiary/aromatic N) is 2. The maximum Gasteiger partial charge on any atom is 0.256 e. The molecule has 0 radical (unpaired) electrons. The number of piperidine rings is 1. The van der Waals surface area contributed by atoms with Crippen LogP contribution in [-0.2, 0) is 9.53 Å². The van der Waals surface area contributed by atoms with Crippen molar-refractivity contribution in [1.82, 2.24) is 15.1 Å². The van der Waals surface area contributed by atoms with Crippen LogP contribution in [-0.4, -0.2) is 79.7 Å². The van der Waals surface area contributed by atoms with E-state index in [1.807, 2.05) is 13.8 Å². The molecule has 2 saturated heterocycles. The molecule has 0 aromatic heterocycles. The van der Waals surface area contributed by atoms with Crippen molar-refractivity contribution in [3.63, 3.8) is 0 Å². The predicted molar refractivity (Wildman–Crippen MR) is 138 cm³/mol. The number of carbonyl (C=O) groups excluding carboxylic acids is 3. The zero-order valence-electron chi connectivity index (χ0n) is 22.2. The number of hydrogen-bond acceptors (Lipinski definition) is 6. The third-order valence-corrected chi connectivity index (χ3v) is 7.02. The molecular formula is C28H34FN3O6. The molecule has 0 saturated carbocycles. The molecular weight excluding hydrogens is 493 g/mol. The van der Waals surface area contributed by atoms with Crippen molar-refractivity contribution in [3.8, 4) is 11.5 Å². The molecule has 2 fully saturated rings. The number of carbonyl (C=O) groups is 3. The first kappa shape index (κ1) is 27.4. The van der Waals surface area contributed by atoms with Crippen LogP contribution in [0.25, 0.3) is 0 Å². The van der Waals surface area contributed by atoms with Crippen molar-refractivity contribution in [2.75, 3.05) is 40.5 Å². The molecule has 1 unspecified atom stereocenters. The molecule has 3 amide bonds. The van der Waals surface area contributed by atoms with Crippen molar-refractivity contribution in [1.29, 1.82) is 0 Å². The van der Waals surface area contributed by atoms with Crippen LogP contribution in [0.4, 0.5) is 4.39 Å². The van der Waals surface area contributed by atoms with Crippen LogP contribution in [0, 0.1) is 11.7 Å². The van der Waals surface area contributed by atoms with Gasteiger partial charge in [-0.3, -0.25) is 19.3 Å². The highest BCUT2D eigenvalue weighted by molar-refractivity contribution is 5.98. The van der Waals surface area contributed by atoms with Gasteiger partial charge in [-0.15, -0.1) is 0 Å². The average Bonchev–Trinajstić information content (AvgIpc) is 3.29. The molecule has 9 nitrogen and oxygen atoms in total. The fourth-order valence-electron chi connectivity index (χ4n) is 4.93. The number of nitrogens with one attached hydrogen (secondary N) is 1. The van der Waals surface area contributed by atoms with E-state index in [-0.39, 0.29) is 29.9 Å². The molecule has 1 N–H and O–H groups in total. The van der Waals surface area contributed by atoms with Gasteiger partial charge in [0.2, 0.25) is 5.91 Å². The SMILES string of the molecule is COc1ccc(C(=O)N2CCC3(CC2)OCC(C(=O)NCC(C)C)N3C(=O)c2ccc(F)cc2)cc1OC. The predicted octanol–water partition coefficient (Wildman–Crippen LogP) is 3.09. The number of halogens is 1. The smallest absolute Gasteiger partial charge is 0.256 e. The highest BCUT2D eigenvalue weighted by Gasteiger charge is 2.54. The van der Waals surface area contributed by atoms with E-state index < -0.39 is 23.5 Å². The van der Waals surface area contributed by atoms with Crippen LogP contribution >= 0.6 is 0 Å². The monoisotopic (exact) mass is 527 g/mol. The topological polar surface area (TPSA) is 97.4 Å². The average molecular weight is 528 g/mol. The first-order chi connectivity index (χ1) is 18.2. The van der Waals surface area contributed by atoms with Crippen LogP contribution < -0.4 is 14.8 Å². The van der Waals surface area contributed by atoms with Gasteiger partial charge in [-0.05, 0) is 48.4 Å². The second kappa shape index (κ2) is 11.4. The summed E-state index contributed by atoms with van der Waals surface area (Å²) >= 11 is 0. The summed E-state index contributed by atoms with van der Waals surface area (Å²) in [6.07, 6.45) is 0.653. The highest BCUT2D eigenvalue weighted by Crippen LogP contribution is 2.39. The maximum absolute atomic E-state index is 13.7. The molecule has 0 aliphatic carbocycles. The molecule has 2 heterocycles. The Bertz CT molecular complexity index is 1180. The number of methoxy groups -OCH3 is 2. The summed E-state index contributed by atoms with van der Waals surface area (Å²) in [6, 6.07) is 9.41. The number of likely N-dealkylation sites (tertiary alicyclic amines) is 1. The summed E-state index contributed by atoms with van der Waals surface area (Å²) in [6.45, 7) is 5.12. The summed E-state index contributed by atoms with van der Waals surface area (Å²) < 4.78 is 30.3. The maximum atomic E-state index is 13.7. The third kappa shape index (κ3) is 5.45. The molecule has 2 aliphatic heterocycles. The van der Waals surface area contributed by atoms with E-state index in [9.17, 15) is 18.8 Å². The minimum atomic E-state index is -1.06. The second-order valence-electron chi connectivity index (χ2n) is 9.96. The van der Waals surface area contributed by atoms with Crippen LogP contribution in [0.5, 0.6) is 11.5 Å². The van der Waals surface area contributed by atoms with Gasteiger partial charge in [0.1, 0.15) is 17.6 Å². The zero-order chi connectivity index (χ0) is 27.4. The number of benzene rings is 2. The van der Waals surface area contributed by atoms with Gasteiger partial charge in [0.05, 0.1) is 20.8 Å². The lowest BCUT2D eigenvalue weighted by Crippen LogP contribution is -2.60.